The van der Waals surface area contributed by atoms with Crippen molar-refractivity contribution in [3.8, 4) is 0 Å². The summed E-state index contributed by atoms with van der Waals surface area (Å²) in [6, 6.07) is 0. The highest BCUT2D eigenvalue weighted by atomic mass is 14.7. The topological polar surface area (TPSA) is 52.0 Å². The Morgan fingerprint density at radius 2 is 1.15 bits per heavy atom. The lowest BCUT2D eigenvalue weighted by Gasteiger charge is -2.31. The summed E-state index contributed by atoms with van der Waals surface area (Å²) in [7, 11) is 0. The fourth-order valence-electron chi connectivity index (χ4n) is 2.85. The van der Waals surface area contributed by atoms with Crippen LogP contribution in [-0.2, 0) is 25.7 Å². The molecule has 0 fully saturated rings. The van der Waals surface area contributed by atoms with Crippen LogP contribution in [0.15, 0.2) is 0 Å². The minimum Gasteiger partial charge on any atom is -0.398 e. The number of nitrogens with two attached hydrogens (primary N) is 2. The van der Waals surface area contributed by atoms with Crippen molar-refractivity contribution in [2.24, 2.45) is 0 Å². The van der Waals surface area contributed by atoms with E-state index in [-0.39, 0.29) is 0 Å². The van der Waals surface area contributed by atoms with Gasteiger partial charge in [0.2, 0.25) is 0 Å². The molecule has 0 saturated heterocycles. The van der Waals surface area contributed by atoms with E-state index in [1.54, 1.807) is 0 Å². The van der Waals surface area contributed by atoms with E-state index in [9.17, 15) is 0 Å². The molecule has 2 nitrogen and oxygen atoms in total. The van der Waals surface area contributed by atoms with Gasteiger partial charge in [0.05, 0.1) is 0 Å². The minimum absolute atomic E-state index is 1.00. The molecule has 0 heterocycles. The minimum atomic E-state index is 1.00. The quantitative estimate of drug-likeness (QED) is 0.585. The van der Waals surface area contributed by atoms with Gasteiger partial charge in [0, 0.05) is 11.4 Å². The maximum absolute atomic E-state index is 6.07. The predicted octanol–water partition coefficient (Wildman–Crippen LogP) is 1.44. The van der Waals surface area contributed by atoms with Crippen molar-refractivity contribution >= 4 is 11.4 Å². The molecule has 0 amide bonds. The van der Waals surface area contributed by atoms with Gasteiger partial charge in [-0.25, -0.2) is 0 Å². The molecule has 2 heteroatoms. The van der Waals surface area contributed by atoms with Gasteiger partial charge in [0.1, 0.15) is 0 Å². The first-order valence-electron chi connectivity index (χ1n) is 4.99. The molecule has 0 aromatic heterocycles. The van der Waals surface area contributed by atoms with Crippen LogP contribution in [0.3, 0.4) is 0 Å². The average Bonchev–Trinajstić information content (AvgIpc) is 2.16. The van der Waals surface area contributed by atoms with Gasteiger partial charge < -0.3 is 11.5 Å². The van der Waals surface area contributed by atoms with Crippen LogP contribution in [0.2, 0.25) is 0 Å². The number of nitrogen functional groups attached to an aromatic ring is 2. The second-order valence-corrected chi connectivity index (χ2v) is 4.10. The Bertz CT molecular complexity index is 363. The van der Waals surface area contributed by atoms with E-state index in [0.717, 1.165) is 17.8 Å². The predicted molar refractivity (Wildman–Crippen MR) is 54.7 cm³/mol. The fourth-order valence-corrected chi connectivity index (χ4v) is 2.85. The number of anilines is 2. The first-order valence-corrected chi connectivity index (χ1v) is 4.99. The Hall–Kier alpha value is -1.18. The molecule has 4 rings (SSSR count). The Kier molecular flexibility index (Phi) is 1.22. The van der Waals surface area contributed by atoms with Crippen molar-refractivity contribution in [2.45, 2.75) is 32.1 Å². The van der Waals surface area contributed by atoms with Crippen LogP contribution in [0.1, 0.15) is 28.7 Å². The average molecular weight is 174 g/mol. The third kappa shape index (κ3) is 0.736. The normalized spacial score (nSPS) is 17.8. The van der Waals surface area contributed by atoms with Crippen LogP contribution in [0, 0.1) is 0 Å². The zero-order valence-corrected chi connectivity index (χ0v) is 7.69. The molecule has 1 aromatic carbocycles. The van der Waals surface area contributed by atoms with E-state index in [0.29, 0.717) is 0 Å². The summed E-state index contributed by atoms with van der Waals surface area (Å²) in [5.74, 6) is 0. The van der Waals surface area contributed by atoms with E-state index in [1.807, 2.05) is 0 Å². The van der Waals surface area contributed by atoms with Crippen molar-refractivity contribution < 1.29 is 0 Å². The number of fused-ring (bicyclic) bond motifs is 1. The Morgan fingerprint density at radius 3 is 1.77 bits per heavy atom. The smallest absolute Gasteiger partial charge is 0.0402 e. The molecular weight excluding hydrogens is 160 g/mol. The fraction of sp³-hybridized carbons (Fsp3) is 0.455. The van der Waals surface area contributed by atoms with E-state index < -0.39 is 0 Å². The SMILES string of the molecule is Nc1c2c(N)c3c(c1CCC3)CC2. The first kappa shape index (κ1) is 7.25. The molecule has 0 radical (unpaired) electrons. The van der Waals surface area contributed by atoms with Gasteiger partial charge in [0.15, 0.2) is 0 Å². The first-order chi connectivity index (χ1) is 6.29. The van der Waals surface area contributed by atoms with Gasteiger partial charge in [-0.1, -0.05) is 0 Å². The highest BCUT2D eigenvalue weighted by Crippen LogP contribution is 2.42. The van der Waals surface area contributed by atoms with Crippen LogP contribution >= 0.6 is 0 Å². The standard InChI is InChI=1S/C11H14N2/c12-10-7-2-1-3-8-6(7)4-5-9(10)11(8)13/h1-5,12-13H2. The van der Waals surface area contributed by atoms with Crippen LogP contribution in [0.4, 0.5) is 11.4 Å². The van der Waals surface area contributed by atoms with Gasteiger partial charge in [-0.05, 0) is 54.4 Å². The Labute approximate surface area is 77.9 Å². The van der Waals surface area contributed by atoms with Gasteiger partial charge in [0.25, 0.3) is 0 Å². The molecule has 0 saturated carbocycles. The number of hydrogen-bond acceptors (Lipinski definition) is 2. The van der Waals surface area contributed by atoms with E-state index in [2.05, 4.69) is 0 Å². The molecule has 4 N–H and O–H groups in total. The molecular formula is C11H14N2. The van der Waals surface area contributed by atoms with Crippen molar-refractivity contribution in [3.05, 3.63) is 22.3 Å². The second-order valence-electron chi connectivity index (χ2n) is 4.10. The molecule has 1 aromatic rings. The third-order valence-electron chi connectivity index (χ3n) is 3.51. The summed E-state index contributed by atoms with van der Waals surface area (Å²) in [4.78, 5) is 0. The molecule has 0 spiro atoms. The maximum Gasteiger partial charge on any atom is 0.0402 e. The molecule has 68 valence electrons. The zero-order valence-electron chi connectivity index (χ0n) is 7.69. The summed E-state index contributed by atoms with van der Waals surface area (Å²) < 4.78 is 0. The van der Waals surface area contributed by atoms with E-state index in [4.69, 9.17) is 11.5 Å². The van der Waals surface area contributed by atoms with Crippen molar-refractivity contribution in [1.82, 2.24) is 0 Å². The van der Waals surface area contributed by atoms with Crippen LogP contribution in [-0.4, -0.2) is 0 Å². The Morgan fingerprint density at radius 1 is 0.615 bits per heavy atom. The van der Waals surface area contributed by atoms with Crippen molar-refractivity contribution in [3.63, 3.8) is 0 Å². The highest BCUT2D eigenvalue weighted by molar-refractivity contribution is 5.75. The number of hydrogen-bond donors (Lipinski definition) is 2. The van der Waals surface area contributed by atoms with Crippen molar-refractivity contribution in [2.75, 3.05) is 11.5 Å². The maximum atomic E-state index is 6.07. The molecule has 0 atom stereocenters. The molecule has 4 bridgehead atoms. The van der Waals surface area contributed by atoms with Gasteiger partial charge in [-0.2, -0.15) is 0 Å². The summed E-state index contributed by atoms with van der Waals surface area (Å²) in [5, 5.41) is 0. The summed E-state index contributed by atoms with van der Waals surface area (Å²) in [5.41, 5.74) is 19.7. The third-order valence-corrected chi connectivity index (χ3v) is 3.51. The second kappa shape index (κ2) is 2.19. The van der Waals surface area contributed by atoms with Crippen LogP contribution in [0.25, 0.3) is 0 Å². The molecule has 3 aliphatic rings. The van der Waals surface area contributed by atoms with E-state index >= 15 is 0 Å². The van der Waals surface area contributed by atoms with Crippen LogP contribution in [0.5, 0.6) is 0 Å². The molecule has 0 aliphatic heterocycles. The lowest BCUT2D eigenvalue weighted by Crippen LogP contribution is -2.22. The lowest BCUT2D eigenvalue weighted by atomic mass is 9.76. The lowest BCUT2D eigenvalue weighted by molar-refractivity contribution is 0.730. The number of benzene rings is 1. The van der Waals surface area contributed by atoms with Gasteiger partial charge in [-0.3, -0.25) is 0 Å². The molecule has 13 heavy (non-hydrogen) atoms. The van der Waals surface area contributed by atoms with Crippen LogP contribution < -0.4 is 11.5 Å². The Balaban J connectivity index is 2.43. The monoisotopic (exact) mass is 174 g/mol. The summed E-state index contributed by atoms with van der Waals surface area (Å²) in [6.45, 7) is 0. The molecule has 0 unspecified atom stereocenters. The zero-order chi connectivity index (χ0) is 9.00. The molecule has 3 aliphatic carbocycles. The van der Waals surface area contributed by atoms with Crippen molar-refractivity contribution in [1.29, 1.82) is 0 Å². The number of rotatable bonds is 0. The summed E-state index contributed by atoms with van der Waals surface area (Å²) in [6.07, 6.45) is 5.81. The highest BCUT2D eigenvalue weighted by Gasteiger charge is 2.27. The van der Waals surface area contributed by atoms with Gasteiger partial charge >= 0.3 is 0 Å². The van der Waals surface area contributed by atoms with E-state index in [1.165, 1.54) is 47.9 Å². The summed E-state index contributed by atoms with van der Waals surface area (Å²) >= 11 is 0. The van der Waals surface area contributed by atoms with Gasteiger partial charge in [-0.15, -0.1) is 0 Å². The largest absolute Gasteiger partial charge is 0.398 e.